The zero-order valence-corrected chi connectivity index (χ0v) is 17.2. The molecule has 0 radical (unpaired) electrons. The van der Waals surface area contributed by atoms with E-state index < -0.39 is 21.7 Å². The Kier molecular flexibility index (Phi) is 4.95. The monoisotopic (exact) mass is 416 g/mol. The number of benzene rings is 1. The highest BCUT2D eigenvalue weighted by Crippen LogP contribution is 2.30. The van der Waals surface area contributed by atoms with Crippen LogP contribution < -0.4 is 15.6 Å². The molecule has 1 amide bonds. The average Bonchev–Trinajstić information content (AvgIpc) is 2.70. The van der Waals surface area contributed by atoms with Gasteiger partial charge in [-0.1, -0.05) is 12.1 Å². The predicted octanol–water partition coefficient (Wildman–Crippen LogP) is 1.57. The molecule has 8 nitrogen and oxygen atoms in total. The lowest BCUT2D eigenvalue weighted by Gasteiger charge is -2.39. The smallest absolute Gasteiger partial charge is 0.261 e. The van der Waals surface area contributed by atoms with Crippen molar-refractivity contribution < 1.29 is 13.2 Å². The van der Waals surface area contributed by atoms with Crippen molar-refractivity contribution in [2.75, 3.05) is 18.4 Å². The summed E-state index contributed by atoms with van der Waals surface area (Å²) in [7, 11) is -3.62. The average molecular weight is 417 g/mol. The second-order valence-corrected chi connectivity index (χ2v) is 9.40. The summed E-state index contributed by atoms with van der Waals surface area (Å²) in [6, 6.07) is 8.39. The van der Waals surface area contributed by atoms with E-state index in [1.165, 1.54) is 0 Å². The molecule has 3 heterocycles. The van der Waals surface area contributed by atoms with Crippen molar-refractivity contribution in [3.05, 3.63) is 57.5 Å². The number of pyridine rings is 1. The van der Waals surface area contributed by atoms with E-state index in [1.807, 2.05) is 6.92 Å². The van der Waals surface area contributed by atoms with Crippen LogP contribution in [0.15, 0.2) is 40.0 Å². The Labute approximate surface area is 169 Å². The number of fused-ring (bicyclic) bond motifs is 1. The molecule has 1 saturated heterocycles. The van der Waals surface area contributed by atoms with Crippen LogP contribution in [0.25, 0.3) is 0 Å². The Morgan fingerprint density at radius 2 is 1.97 bits per heavy atom. The summed E-state index contributed by atoms with van der Waals surface area (Å²) in [6.07, 6.45) is 0.999. The molecule has 29 heavy (non-hydrogen) atoms. The van der Waals surface area contributed by atoms with Crippen molar-refractivity contribution in [1.82, 2.24) is 14.6 Å². The molecule has 0 bridgehead atoms. The van der Waals surface area contributed by atoms with Gasteiger partial charge in [0, 0.05) is 24.7 Å². The minimum absolute atomic E-state index is 0.110. The lowest BCUT2D eigenvalue weighted by atomic mass is 9.94. The van der Waals surface area contributed by atoms with Crippen molar-refractivity contribution in [2.45, 2.75) is 37.8 Å². The highest BCUT2D eigenvalue weighted by atomic mass is 32.2. The van der Waals surface area contributed by atoms with Gasteiger partial charge < -0.3 is 15.2 Å². The van der Waals surface area contributed by atoms with Crippen molar-refractivity contribution in [2.24, 2.45) is 5.92 Å². The van der Waals surface area contributed by atoms with Crippen molar-refractivity contribution in [3.63, 3.8) is 0 Å². The van der Waals surface area contributed by atoms with Crippen LogP contribution in [0.5, 0.6) is 0 Å². The van der Waals surface area contributed by atoms with E-state index in [2.05, 4.69) is 15.0 Å². The van der Waals surface area contributed by atoms with Gasteiger partial charge in [0.15, 0.2) is 0 Å². The van der Waals surface area contributed by atoms with Crippen LogP contribution >= 0.6 is 0 Å². The molecule has 2 aliphatic heterocycles. The molecular formula is C20H24N4O4S. The molecule has 1 fully saturated rings. The summed E-state index contributed by atoms with van der Waals surface area (Å²) in [5, 5.41) is 3.25. The van der Waals surface area contributed by atoms with Gasteiger partial charge in [-0.3, -0.25) is 9.59 Å². The van der Waals surface area contributed by atoms with Crippen LogP contribution in [0.1, 0.15) is 34.5 Å². The normalized spacial score (nSPS) is 23.2. The molecule has 154 valence electrons. The number of anilines is 1. The van der Waals surface area contributed by atoms with Crippen LogP contribution in [0, 0.1) is 19.8 Å². The first-order valence-corrected chi connectivity index (χ1v) is 11.1. The van der Waals surface area contributed by atoms with Crippen LogP contribution in [0.2, 0.25) is 0 Å². The SMILES string of the molecule is Cc1cc(C(=O)N2CCCC(C3Nc4ccccc4S(=O)(=O)N3)C2)c(=O)[nH]c1C. The molecule has 1 aromatic heterocycles. The Morgan fingerprint density at radius 3 is 2.76 bits per heavy atom. The van der Waals surface area contributed by atoms with E-state index in [4.69, 9.17) is 0 Å². The zero-order valence-electron chi connectivity index (χ0n) is 16.4. The number of carbonyl (C=O) groups excluding carboxylic acids is 1. The number of likely N-dealkylation sites (tertiary alicyclic amines) is 1. The molecule has 2 aliphatic rings. The molecule has 0 saturated carbocycles. The van der Waals surface area contributed by atoms with Gasteiger partial charge >= 0.3 is 0 Å². The molecular weight excluding hydrogens is 392 g/mol. The maximum atomic E-state index is 13.0. The minimum Gasteiger partial charge on any atom is -0.368 e. The van der Waals surface area contributed by atoms with Gasteiger partial charge in [-0.15, -0.1) is 0 Å². The Morgan fingerprint density at radius 1 is 1.21 bits per heavy atom. The molecule has 0 spiro atoms. The van der Waals surface area contributed by atoms with Crippen molar-refractivity contribution >= 4 is 21.6 Å². The summed E-state index contributed by atoms with van der Waals surface area (Å²) in [4.78, 5) is 29.8. The number of carbonyl (C=O) groups is 1. The summed E-state index contributed by atoms with van der Waals surface area (Å²) >= 11 is 0. The fraction of sp³-hybridized carbons (Fsp3) is 0.400. The van der Waals surface area contributed by atoms with Gasteiger partial charge in [0.2, 0.25) is 10.0 Å². The molecule has 9 heteroatoms. The number of sulfonamides is 1. The first-order chi connectivity index (χ1) is 13.8. The number of hydrogen-bond donors (Lipinski definition) is 3. The molecule has 2 aromatic rings. The third-order valence-corrected chi connectivity index (χ3v) is 7.21. The highest BCUT2D eigenvalue weighted by molar-refractivity contribution is 7.89. The molecule has 0 aliphatic carbocycles. The standard InChI is InChI=1S/C20H24N4O4S/c1-12-10-15(19(25)21-13(12)2)20(26)24-9-5-6-14(11-24)18-22-16-7-3-4-8-17(16)29(27,28)23-18/h3-4,7-8,10,14,18,22-23H,5-6,9,11H2,1-2H3,(H,21,25). The number of H-pyrrole nitrogens is 1. The Bertz CT molecular complexity index is 1130. The zero-order chi connectivity index (χ0) is 20.8. The molecule has 4 rings (SSSR count). The van der Waals surface area contributed by atoms with E-state index in [0.29, 0.717) is 18.8 Å². The largest absolute Gasteiger partial charge is 0.368 e. The summed E-state index contributed by atoms with van der Waals surface area (Å²) in [6.45, 7) is 4.55. The second-order valence-electron chi connectivity index (χ2n) is 7.71. The number of para-hydroxylation sites is 1. The maximum absolute atomic E-state index is 13.0. The number of nitrogens with zero attached hydrogens (tertiary/aromatic N) is 1. The van der Waals surface area contributed by atoms with Crippen molar-refractivity contribution in [1.29, 1.82) is 0 Å². The summed E-state index contributed by atoms with van der Waals surface area (Å²) < 4.78 is 27.9. The van der Waals surface area contributed by atoms with Gasteiger partial charge in [0.05, 0.1) is 11.9 Å². The number of aromatic nitrogens is 1. The summed E-state index contributed by atoms with van der Waals surface area (Å²) in [5.41, 5.74) is 1.87. The third kappa shape index (κ3) is 3.67. The summed E-state index contributed by atoms with van der Waals surface area (Å²) in [5.74, 6) is -0.431. The fourth-order valence-electron chi connectivity index (χ4n) is 3.98. The lowest BCUT2D eigenvalue weighted by Crippen LogP contribution is -2.54. The van der Waals surface area contributed by atoms with E-state index in [-0.39, 0.29) is 22.3 Å². The number of nitrogens with one attached hydrogen (secondary N) is 3. The van der Waals surface area contributed by atoms with Crippen LogP contribution in [0.3, 0.4) is 0 Å². The Hall–Kier alpha value is -2.65. The second kappa shape index (κ2) is 7.31. The topological polar surface area (TPSA) is 111 Å². The van der Waals surface area contributed by atoms with Gasteiger partial charge in [-0.05, 0) is 50.5 Å². The molecule has 2 atom stereocenters. The minimum atomic E-state index is -3.62. The molecule has 1 aromatic carbocycles. The Balaban J connectivity index is 1.56. The van der Waals surface area contributed by atoms with Crippen LogP contribution in [0.4, 0.5) is 5.69 Å². The number of hydrogen-bond acceptors (Lipinski definition) is 5. The van der Waals surface area contributed by atoms with E-state index in [0.717, 1.165) is 24.1 Å². The van der Waals surface area contributed by atoms with Gasteiger partial charge in [0.25, 0.3) is 11.5 Å². The third-order valence-electron chi connectivity index (χ3n) is 5.71. The van der Waals surface area contributed by atoms with E-state index >= 15 is 0 Å². The van der Waals surface area contributed by atoms with E-state index in [1.54, 1.807) is 42.2 Å². The quantitative estimate of drug-likeness (QED) is 0.688. The van der Waals surface area contributed by atoms with Gasteiger partial charge in [0.1, 0.15) is 10.5 Å². The number of aromatic amines is 1. The van der Waals surface area contributed by atoms with Crippen LogP contribution in [-0.4, -0.2) is 43.5 Å². The first kappa shape index (κ1) is 19.7. The van der Waals surface area contributed by atoms with Gasteiger partial charge in [-0.2, -0.15) is 4.72 Å². The first-order valence-electron chi connectivity index (χ1n) is 9.64. The number of amides is 1. The fourth-order valence-corrected chi connectivity index (χ4v) is 5.37. The van der Waals surface area contributed by atoms with Gasteiger partial charge in [-0.25, -0.2) is 8.42 Å². The maximum Gasteiger partial charge on any atom is 0.261 e. The highest BCUT2D eigenvalue weighted by Gasteiger charge is 2.36. The number of piperidine rings is 1. The van der Waals surface area contributed by atoms with Crippen molar-refractivity contribution in [3.8, 4) is 0 Å². The van der Waals surface area contributed by atoms with Crippen LogP contribution in [-0.2, 0) is 10.0 Å². The number of rotatable bonds is 2. The molecule has 3 N–H and O–H groups in total. The number of aryl methyl sites for hydroxylation is 2. The van der Waals surface area contributed by atoms with E-state index in [9.17, 15) is 18.0 Å². The predicted molar refractivity (Wildman–Crippen MR) is 109 cm³/mol. The lowest BCUT2D eigenvalue weighted by molar-refractivity contribution is 0.0657. The molecule has 2 unspecified atom stereocenters.